The Bertz CT molecular complexity index is 424. The molecule has 4 aliphatic rings. The summed E-state index contributed by atoms with van der Waals surface area (Å²) in [7, 11) is 0. The Kier molecular flexibility index (Phi) is 2.81. The van der Waals surface area contributed by atoms with Gasteiger partial charge in [-0.15, -0.1) is 0 Å². The highest BCUT2D eigenvalue weighted by Gasteiger charge is 2.63. The first-order valence-corrected chi connectivity index (χ1v) is 7.34. The van der Waals surface area contributed by atoms with Gasteiger partial charge in [-0.1, -0.05) is 0 Å². The van der Waals surface area contributed by atoms with Crippen LogP contribution in [-0.4, -0.2) is 39.7 Å². The first-order valence-electron chi connectivity index (χ1n) is 7.34. The van der Waals surface area contributed by atoms with Gasteiger partial charge >= 0.3 is 5.97 Å². The van der Waals surface area contributed by atoms with Crippen LogP contribution in [0, 0.1) is 11.3 Å². The highest BCUT2D eigenvalue weighted by Crippen LogP contribution is 2.63. The van der Waals surface area contributed by atoms with Crippen molar-refractivity contribution in [1.82, 2.24) is 0 Å². The molecular formula is C15H23FO4. The number of aliphatic hydroxyl groups is 2. The molecule has 4 fully saturated rings. The highest BCUT2D eigenvalue weighted by atomic mass is 19.1. The zero-order valence-corrected chi connectivity index (χ0v) is 12.1. The third-order valence-corrected chi connectivity index (χ3v) is 5.12. The molecule has 2 unspecified atom stereocenters. The molecule has 0 saturated heterocycles. The predicted molar refractivity (Wildman–Crippen MR) is 69.7 cm³/mol. The molecule has 20 heavy (non-hydrogen) atoms. The molecule has 4 saturated carbocycles. The molecule has 0 amide bonds. The molecule has 0 aliphatic heterocycles. The van der Waals surface area contributed by atoms with Gasteiger partial charge in [0.15, 0.2) is 0 Å². The smallest absolute Gasteiger partial charge is 0.343 e. The quantitative estimate of drug-likeness (QED) is 0.775. The molecule has 0 spiro atoms. The van der Waals surface area contributed by atoms with Crippen LogP contribution in [-0.2, 0) is 9.53 Å². The van der Waals surface area contributed by atoms with Gasteiger partial charge in [-0.2, -0.15) is 0 Å². The second kappa shape index (κ2) is 3.95. The summed E-state index contributed by atoms with van der Waals surface area (Å²) in [6.07, 6.45) is 3.79. The maximum absolute atomic E-state index is 13.5. The average Bonchev–Trinajstić information content (AvgIpc) is 2.19. The van der Waals surface area contributed by atoms with E-state index in [0.717, 1.165) is 19.3 Å². The Morgan fingerprint density at radius 2 is 1.75 bits per heavy atom. The lowest BCUT2D eigenvalue weighted by atomic mass is 9.46. The fourth-order valence-corrected chi connectivity index (χ4v) is 5.08. The van der Waals surface area contributed by atoms with Crippen molar-refractivity contribution in [2.75, 3.05) is 6.61 Å². The van der Waals surface area contributed by atoms with Crippen LogP contribution in [0.15, 0.2) is 0 Å². The van der Waals surface area contributed by atoms with Gasteiger partial charge < -0.3 is 14.9 Å². The Balaban J connectivity index is 1.75. The summed E-state index contributed by atoms with van der Waals surface area (Å²) in [6, 6.07) is 0. The van der Waals surface area contributed by atoms with Crippen LogP contribution in [0.3, 0.4) is 0 Å². The molecule has 0 aromatic carbocycles. The van der Waals surface area contributed by atoms with Crippen molar-refractivity contribution in [3.8, 4) is 0 Å². The minimum atomic E-state index is -2.00. The van der Waals surface area contributed by atoms with E-state index in [0.29, 0.717) is 19.3 Å². The number of hydrogen-bond donors (Lipinski definition) is 2. The van der Waals surface area contributed by atoms with Crippen LogP contribution in [0.5, 0.6) is 0 Å². The highest BCUT2D eigenvalue weighted by molar-refractivity contribution is 5.78. The van der Waals surface area contributed by atoms with Crippen LogP contribution in [0.2, 0.25) is 0 Å². The maximum atomic E-state index is 13.5. The van der Waals surface area contributed by atoms with E-state index in [4.69, 9.17) is 4.74 Å². The third kappa shape index (κ3) is 2.35. The topological polar surface area (TPSA) is 66.8 Å². The summed E-state index contributed by atoms with van der Waals surface area (Å²) < 4.78 is 18.7. The van der Waals surface area contributed by atoms with Gasteiger partial charge in [0.2, 0.25) is 5.67 Å². The molecule has 0 aromatic rings. The van der Waals surface area contributed by atoms with Crippen molar-refractivity contribution in [3.63, 3.8) is 0 Å². The summed E-state index contributed by atoms with van der Waals surface area (Å²) >= 11 is 0. The molecule has 0 aromatic heterocycles. The molecule has 0 heterocycles. The molecule has 114 valence electrons. The molecule has 5 heteroatoms. The minimum Gasteiger partial charge on any atom is -0.463 e. The molecule has 4 bridgehead atoms. The third-order valence-electron chi connectivity index (χ3n) is 5.12. The Labute approximate surface area is 118 Å². The van der Waals surface area contributed by atoms with E-state index in [9.17, 15) is 19.4 Å². The summed E-state index contributed by atoms with van der Waals surface area (Å²) in [6.45, 7) is 2.45. The van der Waals surface area contributed by atoms with Gasteiger partial charge in [0, 0.05) is 11.8 Å². The Morgan fingerprint density at radius 1 is 1.20 bits per heavy atom. The number of alkyl halides is 1. The van der Waals surface area contributed by atoms with E-state index in [1.165, 1.54) is 13.8 Å². The summed E-state index contributed by atoms with van der Waals surface area (Å²) in [5, 5.41) is 21.2. The standard InChI is InChI=1S/C15H23FO4/c1-12(2,16)11(17)20-9-13-3-10-4-14(18,6-13)8-15(19,5-10)7-13/h10,18-19H,3-9H2,1-2H3. The second-order valence-corrected chi connectivity index (χ2v) is 8.01. The number of carbonyl (C=O) groups excluding carboxylic acids is 1. The van der Waals surface area contributed by atoms with Gasteiger partial charge in [-0.3, -0.25) is 0 Å². The molecule has 4 aliphatic carbocycles. The SMILES string of the molecule is CC(C)(F)C(=O)OCC12CC3CC(O)(CC(O)(C3)C1)C2. The van der Waals surface area contributed by atoms with E-state index >= 15 is 0 Å². The Morgan fingerprint density at radius 3 is 2.20 bits per heavy atom. The van der Waals surface area contributed by atoms with Crippen molar-refractivity contribution < 1.29 is 24.1 Å². The molecule has 2 N–H and O–H groups in total. The van der Waals surface area contributed by atoms with Gasteiger partial charge in [0.1, 0.15) is 0 Å². The summed E-state index contributed by atoms with van der Waals surface area (Å²) in [5.41, 5.74) is -4.07. The lowest BCUT2D eigenvalue weighted by Crippen LogP contribution is -2.64. The van der Waals surface area contributed by atoms with Crippen molar-refractivity contribution in [2.45, 2.75) is 69.2 Å². The van der Waals surface area contributed by atoms with Crippen molar-refractivity contribution >= 4 is 5.97 Å². The zero-order chi connectivity index (χ0) is 14.8. The zero-order valence-electron chi connectivity index (χ0n) is 12.1. The van der Waals surface area contributed by atoms with E-state index in [1.54, 1.807) is 0 Å². The molecule has 4 nitrogen and oxygen atoms in total. The summed E-state index contributed by atoms with van der Waals surface area (Å²) in [4.78, 5) is 11.6. The van der Waals surface area contributed by atoms with E-state index < -0.39 is 22.8 Å². The molecule has 4 rings (SSSR count). The first-order chi connectivity index (χ1) is 9.03. The molecule has 2 atom stereocenters. The second-order valence-electron chi connectivity index (χ2n) is 8.01. The number of rotatable bonds is 3. The lowest BCUT2D eigenvalue weighted by Gasteiger charge is -2.63. The number of carbonyl (C=O) groups is 1. The number of hydrogen-bond acceptors (Lipinski definition) is 4. The number of halogens is 1. The van der Waals surface area contributed by atoms with Crippen LogP contribution < -0.4 is 0 Å². The molecular weight excluding hydrogens is 263 g/mol. The van der Waals surface area contributed by atoms with Gasteiger partial charge in [-0.05, 0) is 51.9 Å². The fourth-order valence-electron chi connectivity index (χ4n) is 5.08. The largest absolute Gasteiger partial charge is 0.463 e. The van der Waals surface area contributed by atoms with Crippen molar-refractivity contribution in [3.05, 3.63) is 0 Å². The van der Waals surface area contributed by atoms with E-state index in [2.05, 4.69) is 0 Å². The lowest BCUT2D eigenvalue weighted by molar-refractivity contribution is -0.241. The van der Waals surface area contributed by atoms with Crippen LogP contribution in [0.4, 0.5) is 4.39 Å². The number of ether oxygens (including phenoxy) is 1. The van der Waals surface area contributed by atoms with Crippen LogP contribution >= 0.6 is 0 Å². The van der Waals surface area contributed by atoms with E-state index in [-0.39, 0.29) is 17.9 Å². The monoisotopic (exact) mass is 286 g/mol. The first kappa shape index (κ1) is 14.3. The van der Waals surface area contributed by atoms with Gasteiger partial charge in [-0.25, -0.2) is 9.18 Å². The fraction of sp³-hybridized carbons (Fsp3) is 0.933. The van der Waals surface area contributed by atoms with Gasteiger partial charge in [0.05, 0.1) is 17.8 Å². The molecule has 0 radical (unpaired) electrons. The van der Waals surface area contributed by atoms with Crippen molar-refractivity contribution in [1.29, 1.82) is 0 Å². The van der Waals surface area contributed by atoms with Crippen LogP contribution in [0.1, 0.15) is 52.4 Å². The predicted octanol–water partition coefficient (Wildman–Crippen LogP) is 1.72. The van der Waals surface area contributed by atoms with E-state index in [1.807, 2.05) is 0 Å². The number of esters is 1. The minimum absolute atomic E-state index is 0.0975. The van der Waals surface area contributed by atoms with Crippen LogP contribution in [0.25, 0.3) is 0 Å². The Hall–Kier alpha value is -0.680. The maximum Gasteiger partial charge on any atom is 0.343 e. The average molecular weight is 286 g/mol. The van der Waals surface area contributed by atoms with Crippen molar-refractivity contribution in [2.24, 2.45) is 11.3 Å². The normalized spacial score (nSPS) is 46.5. The van der Waals surface area contributed by atoms with Gasteiger partial charge in [0.25, 0.3) is 0 Å². The summed E-state index contributed by atoms with van der Waals surface area (Å²) in [5.74, 6) is -0.592.